The highest BCUT2D eigenvalue weighted by molar-refractivity contribution is 5.49. The molecule has 122 valence electrons. The fourth-order valence-corrected chi connectivity index (χ4v) is 4.03. The van der Waals surface area contributed by atoms with Gasteiger partial charge in [0.25, 0.3) is 0 Å². The van der Waals surface area contributed by atoms with Crippen molar-refractivity contribution in [2.75, 3.05) is 13.7 Å². The summed E-state index contributed by atoms with van der Waals surface area (Å²) in [6.07, 6.45) is 9.84. The minimum Gasteiger partial charge on any atom is -0.496 e. The molecule has 1 heterocycles. The van der Waals surface area contributed by atoms with Gasteiger partial charge in [0, 0.05) is 12.5 Å². The van der Waals surface area contributed by atoms with Gasteiger partial charge in [0.2, 0.25) is 0 Å². The molecule has 2 aliphatic rings. The summed E-state index contributed by atoms with van der Waals surface area (Å²) in [6, 6.07) is 6.56. The van der Waals surface area contributed by atoms with E-state index in [1.165, 1.54) is 50.5 Å². The highest BCUT2D eigenvalue weighted by Gasteiger charge is 2.43. The van der Waals surface area contributed by atoms with E-state index in [4.69, 9.17) is 9.47 Å². The summed E-state index contributed by atoms with van der Waals surface area (Å²) in [5.74, 6) is 1.99. The first-order valence-corrected chi connectivity index (χ1v) is 8.87. The molecule has 1 aromatic rings. The monoisotopic (exact) mass is 303 g/mol. The van der Waals surface area contributed by atoms with E-state index >= 15 is 0 Å². The number of methoxy groups -OCH3 is 1. The quantitative estimate of drug-likeness (QED) is 0.778. The van der Waals surface area contributed by atoms with Gasteiger partial charge in [-0.1, -0.05) is 25.8 Å². The van der Waals surface area contributed by atoms with E-state index in [0.29, 0.717) is 6.04 Å². The molecule has 3 nitrogen and oxygen atoms in total. The first-order chi connectivity index (χ1) is 10.8. The zero-order chi connectivity index (χ0) is 15.4. The first kappa shape index (κ1) is 15.7. The normalized spacial score (nSPS) is 22.4. The van der Waals surface area contributed by atoms with Gasteiger partial charge >= 0.3 is 0 Å². The second-order valence-corrected chi connectivity index (χ2v) is 6.78. The second-order valence-electron chi connectivity index (χ2n) is 6.78. The molecule has 1 spiro atoms. The van der Waals surface area contributed by atoms with Gasteiger partial charge in [-0.15, -0.1) is 0 Å². The molecular weight excluding hydrogens is 274 g/mol. The third-order valence-corrected chi connectivity index (χ3v) is 5.18. The third-order valence-electron chi connectivity index (χ3n) is 5.18. The molecule has 1 atom stereocenters. The van der Waals surface area contributed by atoms with Crippen molar-refractivity contribution in [1.82, 2.24) is 5.32 Å². The fourth-order valence-electron chi connectivity index (χ4n) is 4.03. The summed E-state index contributed by atoms with van der Waals surface area (Å²) in [7, 11) is 1.75. The Morgan fingerprint density at radius 2 is 2.09 bits per heavy atom. The van der Waals surface area contributed by atoms with Crippen LogP contribution in [-0.2, 0) is 0 Å². The van der Waals surface area contributed by atoms with Gasteiger partial charge in [-0.25, -0.2) is 0 Å². The second kappa shape index (κ2) is 6.91. The van der Waals surface area contributed by atoms with Crippen LogP contribution in [0, 0.1) is 0 Å². The Hall–Kier alpha value is -1.22. The summed E-state index contributed by atoms with van der Waals surface area (Å²) in [5.41, 5.74) is 1.28. The molecule has 1 aromatic carbocycles. The van der Waals surface area contributed by atoms with Crippen molar-refractivity contribution in [3.05, 3.63) is 23.8 Å². The van der Waals surface area contributed by atoms with Gasteiger partial charge in [-0.3, -0.25) is 0 Å². The topological polar surface area (TPSA) is 30.5 Å². The lowest BCUT2D eigenvalue weighted by Crippen LogP contribution is -2.42. The lowest BCUT2D eigenvalue weighted by Gasteiger charge is -2.41. The van der Waals surface area contributed by atoms with Crippen molar-refractivity contribution in [2.45, 2.75) is 69.9 Å². The van der Waals surface area contributed by atoms with Crippen LogP contribution in [0.4, 0.5) is 0 Å². The van der Waals surface area contributed by atoms with Crippen LogP contribution in [0.5, 0.6) is 11.5 Å². The number of fused-ring (bicyclic) bond motifs is 1. The minimum atomic E-state index is 0.0573. The molecule has 1 fully saturated rings. The highest BCUT2D eigenvalue weighted by atomic mass is 16.5. The Kier molecular flexibility index (Phi) is 4.92. The molecule has 0 aromatic heterocycles. The molecule has 0 bridgehead atoms. The standard InChI is InChI=1S/C19H29NO2/c1-3-4-7-13-20-15-14-19(11-5-6-12-19)22-17-10-8-9-16(21-2)18(15)17/h8-10,15,20H,3-7,11-14H2,1-2H3. The minimum absolute atomic E-state index is 0.0573. The van der Waals surface area contributed by atoms with E-state index in [1.807, 2.05) is 6.07 Å². The van der Waals surface area contributed by atoms with Crippen LogP contribution < -0.4 is 14.8 Å². The molecule has 0 amide bonds. The molecule has 1 aliphatic carbocycles. The summed E-state index contributed by atoms with van der Waals surface area (Å²) >= 11 is 0. The van der Waals surface area contributed by atoms with Gasteiger partial charge in [-0.05, 0) is 50.8 Å². The Morgan fingerprint density at radius 1 is 1.27 bits per heavy atom. The van der Waals surface area contributed by atoms with Crippen LogP contribution in [0.15, 0.2) is 18.2 Å². The molecule has 1 N–H and O–H groups in total. The van der Waals surface area contributed by atoms with Crippen LogP contribution in [-0.4, -0.2) is 19.3 Å². The molecule has 0 radical (unpaired) electrons. The van der Waals surface area contributed by atoms with E-state index in [-0.39, 0.29) is 5.60 Å². The smallest absolute Gasteiger partial charge is 0.128 e. The summed E-state index contributed by atoms with van der Waals surface area (Å²) in [4.78, 5) is 0. The molecule has 22 heavy (non-hydrogen) atoms. The van der Waals surface area contributed by atoms with Crippen molar-refractivity contribution in [3.63, 3.8) is 0 Å². The van der Waals surface area contributed by atoms with Gasteiger partial charge in [0.15, 0.2) is 0 Å². The fraction of sp³-hybridized carbons (Fsp3) is 0.684. The van der Waals surface area contributed by atoms with Crippen molar-refractivity contribution in [2.24, 2.45) is 0 Å². The molecule has 1 unspecified atom stereocenters. The number of nitrogens with one attached hydrogen (secondary N) is 1. The Labute approximate surface area is 134 Å². The zero-order valence-corrected chi connectivity index (χ0v) is 14.0. The summed E-state index contributed by atoms with van der Waals surface area (Å²) in [6.45, 7) is 3.33. The lowest BCUT2D eigenvalue weighted by molar-refractivity contribution is 0.0357. The maximum Gasteiger partial charge on any atom is 0.128 e. The van der Waals surface area contributed by atoms with Crippen LogP contribution in [0.2, 0.25) is 0 Å². The maximum atomic E-state index is 6.46. The number of unbranched alkanes of at least 4 members (excludes halogenated alkanes) is 2. The van der Waals surface area contributed by atoms with Gasteiger partial charge < -0.3 is 14.8 Å². The average molecular weight is 303 g/mol. The van der Waals surface area contributed by atoms with Gasteiger partial charge in [0.05, 0.1) is 12.7 Å². The number of hydrogen-bond acceptors (Lipinski definition) is 3. The largest absolute Gasteiger partial charge is 0.496 e. The Morgan fingerprint density at radius 3 is 2.82 bits per heavy atom. The molecule has 3 rings (SSSR count). The van der Waals surface area contributed by atoms with E-state index < -0.39 is 0 Å². The van der Waals surface area contributed by atoms with Crippen LogP contribution in [0.25, 0.3) is 0 Å². The SMILES string of the molecule is CCCCCNC1CC2(CCCC2)Oc2cccc(OC)c21. The maximum absolute atomic E-state index is 6.46. The first-order valence-electron chi connectivity index (χ1n) is 8.87. The zero-order valence-electron chi connectivity index (χ0n) is 14.0. The van der Waals surface area contributed by atoms with Crippen LogP contribution in [0.1, 0.15) is 69.9 Å². The van der Waals surface area contributed by atoms with Crippen LogP contribution in [0.3, 0.4) is 0 Å². The van der Waals surface area contributed by atoms with Crippen molar-refractivity contribution in [3.8, 4) is 11.5 Å². The van der Waals surface area contributed by atoms with E-state index in [1.54, 1.807) is 7.11 Å². The number of ether oxygens (including phenoxy) is 2. The average Bonchev–Trinajstić information content (AvgIpc) is 2.98. The highest BCUT2D eigenvalue weighted by Crippen LogP contribution is 2.49. The number of benzene rings is 1. The van der Waals surface area contributed by atoms with E-state index in [0.717, 1.165) is 24.5 Å². The van der Waals surface area contributed by atoms with E-state index in [2.05, 4.69) is 24.4 Å². The summed E-state index contributed by atoms with van der Waals surface area (Å²) < 4.78 is 12.1. The predicted octanol–water partition coefficient (Wildman–Crippen LogP) is 4.61. The molecule has 1 saturated carbocycles. The number of hydrogen-bond donors (Lipinski definition) is 1. The number of rotatable bonds is 6. The van der Waals surface area contributed by atoms with Crippen molar-refractivity contribution >= 4 is 0 Å². The predicted molar refractivity (Wildman–Crippen MR) is 89.7 cm³/mol. The molecule has 1 aliphatic heterocycles. The Bertz CT molecular complexity index is 494. The lowest BCUT2D eigenvalue weighted by atomic mass is 9.85. The Balaban J connectivity index is 1.83. The van der Waals surface area contributed by atoms with Crippen molar-refractivity contribution < 1.29 is 9.47 Å². The summed E-state index contributed by atoms with van der Waals surface area (Å²) in [5, 5.41) is 3.78. The third kappa shape index (κ3) is 3.10. The van der Waals surface area contributed by atoms with Crippen LogP contribution >= 0.6 is 0 Å². The van der Waals surface area contributed by atoms with E-state index in [9.17, 15) is 0 Å². The molecule has 3 heteroatoms. The van der Waals surface area contributed by atoms with Gasteiger partial charge in [-0.2, -0.15) is 0 Å². The van der Waals surface area contributed by atoms with Crippen molar-refractivity contribution in [1.29, 1.82) is 0 Å². The molecular formula is C19H29NO2. The molecule has 0 saturated heterocycles. The van der Waals surface area contributed by atoms with Gasteiger partial charge in [0.1, 0.15) is 17.1 Å².